The van der Waals surface area contributed by atoms with Crippen molar-refractivity contribution in [3.05, 3.63) is 24.3 Å². The van der Waals surface area contributed by atoms with Crippen LogP contribution in [0.15, 0.2) is 18.5 Å². The second-order valence-electron chi connectivity index (χ2n) is 7.21. The Bertz CT molecular complexity index is 598. The third kappa shape index (κ3) is 4.12. The van der Waals surface area contributed by atoms with Crippen LogP contribution in [0.4, 0.5) is 8.78 Å². The number of likely N-dealkylation sites (tertiary alicyclic amines) is 1. The summed E-state index contributed by atoms with van der Waals surface area (Å²) in [6.07, 6.45) is 2.84. The third-order valence-corrected chi connectivity index (χ3v) is 5.16. The first-order valence-electron chi connectivity index (χ1n) is 8.59. The molecule has 1 amide bonds. The van der Waals surface area contributed by atoms with Gasteiger partial charge >= 0.3 is 0 Å². The number of aliphatic hydroxyl groups is 1. The number of aliphatic hydroxyl groups excluding tert-OH is 1. The minimum Gasteiger partial charge on any atom is -0.393 e. The minimum atomic E-state index is -1.62. The quantitative estimate of drug-likeness (QED) is 0.824. The molecule has 3 rings (SSSR count). The van der Waals surface area contributed by atoms with Crippen LogP contribution in [0.2, 0.25) is 0 Å². The molecule has 2 aliphatic rings. The van der Waals surface area contributed by atoms with E-state index in [1.165, 1.54) is 0 Å². The predicted octanol–water partition coefficient (Wildman–Crippen LogP) is 0.958. The maximum atomic E-state index is 13.9. The summed E-state index contributed by atoms with van der Waals surface area (Å²) < 4.78 is 27.7. The van der Waals surface area contributed by atoms with Gasteiger partial charge in [-0.05, 0) is 25.3 Å². The molecule has 0 radical (unpaired) electrons. The summed E-state index contributed by atoms with van der Waals surface area (Å²) in [5, 5.41) is 8.96. The lowest BCUT2D eigenvalue weighted by Crippen LogP contribution is -2.51. The normalized spacial score (nSPS) is 32.4. The first-order chi connectivity index (χ1) is 11.9. The van der Waals surface area contributed by atoms with Crippen LogP contribution < -0.4 is 0 Å². The molecule has 1 N–H and O–H groups in total. The molecule has 0 spiro atoms. The molecule has 138 valence electrons. The molecule has 0 aromatic carbocycles. The van der Waals surface area contributed by atoms with Crippen LogP contribution >= 0.6 is 0 Å². The molecule has 2 atom stereocenters. The summed E-state index contributed by atoms with van der Waals surface area (Å²) in [6, 6.07) is 1.62. The zero-order chi connectivity index (χ0) is 18.0. The fourth-order valence-corrected chi connectivity index (χ4v) is 3.74. The summed E-state index contributed by atoms with van der Waals surface area (Å²) in [5.74, 6) is 0.0929. The number of carbonyl (C=O) groups excluding carboxylic acids is 1. The summed E-state index contributed by atoms with van der Waals surface area (Å²) >= 11 is 0. The van der Waals surface area contributed by atoms with Gasteiger partial charge in [-0.2, -0.15) is 0 Å². The first kappa shape index (κ1) is 18.1. The van der Waals surface area contributed by atoms with Crippen LogP contribution in [-0.4, -0.2) is 75.4 Å². The number of rotatable bonds is 6. The number of nitrogens with zero attached hydrogens (tertiary/aromatic N) is 4. The van der Waals surface area contributed by atoms with E-state index >= 15 is 0 Å². The van der Waals surface area contributed by atoms with Crippen LogP contribution in [0.1, 0.15) is 25.1 Å². The van der Waals surface area contributed by atoms with Gasteiger partial charge in [0.1, 0.15) is 17.7 Å². The average molecular weight is 354 g/mol. The molecule has 1 saturated carbocycles. The zero-order valence-corrected chi connectivity index (χ0v) is 14.3. The second-order valence-corrected chi connectivity index (χ2v) is 7.21. The molecule has 1 aliphatic carbocycles. The summed E-state index contributed by atoms with van der Waals surface area (Å²) in [5.41, 5.74) is -1.62. The van der Waals surface area contributed by atoms with E-state index in [1.807, 2.05) is 4.90 Å². The van der Waals surface area contributed by atoms with E-state index in [0.29, 0.717) is 31.9 Å². The van der Waals surface area contributed by atoms with Gasteiger partial charge < -0.3 is 10.0 Å². The van der Waals surface area contributed by atoms with Crippen molar-refractivity contribution in [3.63, 3.8) is 0 Å². The fourth-order valence-electron chi connectivity index (χ4n) is 3.74. The summed E-state index contributed by atoms with van der Waals surface area (Å²) in [7, 11) is 1.67. The largest absolute Gasteiger partial charge is 0.393 e. The van der Waals surface area contributed by atoms with Crippen LogP contribution in [0.3, 0.4) is 0 Å². The maximum absolute atomic E-state index is 13.9. The number of alkyl halides is 2. The Labute approximate surface area is 145 Å². The van der Waals surface area contributed by atoms with E-state index in [9.17, 15) is 13.6 Å². The maximum Gasteiger partial charge on any atom is 0.225 e. The van der Waals surface area contributed by atoms with Crippen molar-refractivity contribution in [1.82, 2.24) is 19.8 Å². The highest BCUT2D eigenvalue weighted by Crippen LogP contribution is 2.41. The number of carbonyl (C=O) groups is 1. The SMILES string of the molecule is CN(C[C@@H]1C[C@H](F)CN1Cc1ncccn1)C(=O)C1CC(F)(CO)C1. The Kier molecular flexibility index (Phi) is 5.29. The molecule has 2 heterocycles. The van der Waals surface area contributed by atoms with Gasteiger partial charge in [-0.1, -0.05) is 0 Å². The standard InChI is InChI=1S/C17H24F2N4O2/c1-22(16(25)12-6-17(19,7-12)11-24)9-14-5-13(18)8-23(14)10-15-20-3-2-4-21-15/h2-4,12-14,24H,5-11H2,1H3/t12?,13-,14-,17?/m0/s1. The number of amides is 1. The average Bonchev–Trinajstić information content (AvgIpc) is 2.91. The van der Waals surface area contributed by atoms with Crippen molar-refractivity contribution >= 4 is 5.91 Å². The van der Waals surface area contributed by atoms with Crippen LogP contribution in [0.25, 0.3) is 0 Å². The van der Waals surface area contributed by atoms with Crippen LogP contribution in [-0.2, 0) is 11.3 Å². The minimum absolute atomic E-state index is 0.0602. The molecule has 1 aromatic rings. The Hall–Kier alpha value is -1.67. The van der Waals surface area contributed by atoms with Gasteiger partial charge in [0.25, 0.3) is 0 Å². The lowest BCUT2D eigenvalue weighted by Gasteiger charge is -2.41. The van der Waals surface area contributed by atoms with Crippen LogP contribution in [0.5, 0.6) is 0 Å². The van der Waals surface area contributed by atoms with E-state index in [2.05, 4.69) is 9.97 Å². The van der Waals surface area contributed by atoms with Gasteiger partial charge in [-0.3, -0.25) is 9.69 Å². The monoisotopic (exact) mass is 354 g/mol. The van der Waals surface area contributed by atoms with Gasteiger partial charge in [0.2, 0.25) is 5.91 Å². The van der Waals surface area contributed by atoms with Crippen molar-refractivity contribution in [1.29, 1.82) is 0 Å². The zero-order valence-electron chi connectivity index (χ0n) is 14.3. The van der Waals surface area contributed by atoms with E-state index in [0.717, 1.165) is 0 Å². The van der Waals surface area contributed by atoms with Gasteiger partial charge in [0, 0.05) is 44.5 Å². The number of hydrogen-bond acceptors (Lipinski definition) is 5. The van der Waals surface area contributed by atoms with Gasteiger partial charge in [0.15, 0.2) is 0 Å². The Morgan fingerprint density at radius 1 is 1.44 bits per heavy atom. The molecule has 6 nitrogen and oxygen atoms in total. The van der Waals surface area contributed by atoms with E-state index in [1.54, 1.807) is 30.4 Å². The lowest BCUT2D eigenvalue weighted by atomic mass is 9.72. The van der Waals surface area contributed by atoms with Crippen molar-refractivity contribution < 1.29 is 18.7 Å². The smallest absolute Gasteiger partial charge is 0.225 e. The van der Waals surface area contributed by atoms with E-state index in [-0.39, 0.29) is 24.8 Å². The van der Waals surface area contributed by atoms with Crippen LogP contribution in [0, 0.1) is 5.92 Å². The van der Waals surface area contributed by atoms with Gasteiger partial charge in [-0.15, -0.1) is 0 Å². The number of hydrogen-bond donors (Lipinski definition) is 1. The molecular formula is C17H24F2N4O2. The van der Waals surface area contributed by atoms with Crippen molar-refractivity contribution in [2.45, 2.75) is 43.7 Å². The topological polar surface area (TPSA) is 69.6 Å². The Balaban J connectivity index is 1.55. The van der Waals surface area contributed by atoms with Crippen molar-refractivity contribution in [2.24, 2.45) is 5.92 Å². The van der Waals surface area contributed by atoms with Gasteiger partial charge in [0.05, 0.1) is 13.2 Å². The van der Waals surface area contributed by atoms with Crippen molar-refractivity contribution in [2.75, 3.05) is 26.7 Å². The highest BCUT2D eigenvalue weighted by atomic mass is 19.1. The molecule has 0 unspecified atom stereocenters. The fraction of sp³-hybridized carbons (Fsp3) is 0.706. The molecule has 0 bridgehead atoms. The van der Waals surface area contributed by atoms with Crippen molar-refractivity contribution in [3.8, 4) is 0 Å². The number of halogens is 2. The van der Waals surface area contributed by atoms with E-state index < -0.39 is 24.4 Å². The number of likely N-dealkylation sites (N-methyl/N-ethyl adjacent to an activating group) is 1. The highest BCUT2D eigenvalue weighted by Gasteiger charge is 2.48. The molecular weight excluding hydrogens is 330 g/mol. The molecule has 1 aliphatic heterocycles. The third-order valence-electron chi connectivity index (χ3n) is 5.16. The first-order valence-corrected chi connectivity index (χ1v) is 8.59. The predicted molar refractivity (Wildman–Crippen MR) is 87.0 cm³/mol. The summed E-state index contributed by atoms with van der Waals surface area (Å²) in [6.45, 7) is 0.584. The molecule has 2 fully saturated rings. The Morgan fingerprint density at radius 3 is 2.76 bits per heavy atom. The number of aromatic nitrogens is 2. The molecule has 1 saturated heterocycles. The molecule has 25 heavy (non-hydrogen) atoms. The Morgan fingerprint density at radius 2 is 2.12 bits per heavy atom. The lowest BCUT2D eigenvalue weighted by molar-refractivity contribution is -0.146. The van der Waals surface area contributed by atoms with Gasteiger partial charge in [-0.25, -0.2) is 18.7 Å². The highest BCUT2D eigenvalue weighted by molar-refractivity contribution is 5.80. The molecule has 1 aromatic heterocycles. The second kappa shape index (κ2) is 7.29. The van der Waals surface area contributed by atoms with E-state index in [4.69, 9.17) is 5.11 Å². The molecule has 8 heteroatoms. The summed E-state index contributed by atoms with van der Waals surface area (Å²) in [4.78, 5) is 24.3.